The van der Waals surface area contributed by atoms with Crippen LogP contribution in [0.5, 0.6) is 0 Å². The van der Waals surface area contributed by atoms with Gasteiger partial charge in [-0.2, -0.15) is 0 Å². The fourth-order valence-corrected chi connectivity index (χ4v) is 3.43. The van der Waals surface area contributed by atoms with E-state index >= 15 is 0 Å². The van der Waals surface area contributed by atoms with E-state index in [-0.39, 0.29) is 5.91 Å². The monoisotopic (exact) mass is 291 g/mol. The van der Waals surface area contributed by atoms with Crippen molar-refractivity contribution in [3.63, 3.8) is 0 Å². The molecule has 1 aromatic rings. The van der Waals surface area contributed by atoms with E-state index in [1.807, 2.05) is 0 Å². The van der Waals surface area contributed by atoms with E-state index in [2.05, 4.69) is 44.3 Å². The normalized spacial score (nSPS) is 22.6. The van der Waals surface area contributed by atoms with E-state index in [0.29, 0.717) is 11.8 Å². The van der Waals surface area contributed by atoms with E-state index in [1.165, 1.54) is 28.9 Å². The average molecular weight is 291 g/mol. The molecule has 0 aromatic heterocycles. The highest BCUT2D eigenvalue weighted by Crippen LogP contribution is 2.24. The number of hydrogen-bond donors (Lipinski definition) is 1. The van der Waals surface area contributed by atoms with Crippen molar-refractivity contribution in [1.29, 1.82) is 0 Å². The number of carbonyl (C=O) groups is 1. The predicted octanol–water partition coefficient (Wildman–Crippen LogP) is 4.09. The van der Waals surface area contributed by atoms with Crippen LogP contribution < -0.4 is 5.32 Å². The second kappa shape index (κ2) is 7.16. The first-order chi connectivity index (χ1) is 9.54. The van der Waals surface area contributed by atoms with Gasteiger partial charge in [0.25, 0.3) is 0 Å². The number of rotatable bonds is 4. The summed E-state index contributed by atoms with van der Waals surface area (Å²) >= 11 is 1.63. The number of nitrogens with one attached hydrogen (secondary N) is 1. The molecule has 0 radical (unpaired) electrons. The summed E-state index contributed by atoms with van der Waals surface area (Å²) in [5, 5.41) is 3.18. The minimum absolute atomic E-state index is 0.174. The smallest absolute Gasteiger partial charge is 0.230 e. The molecular formula is C17H25NOS. The van der Waals surface area contributed by atoms with Gasteiger partial charge in [-0.1, -0.05) is 13.0 Å². The molecule has 1 aliphatic rings. The van der Waals surface area contributed by atoms with Crippen LogP contribution in [0.4, 0.5) is 0 Å². The molecule has 1 aromatic carbocycles. The summed E-state index contributed by atoms with van der Waals surface area (Å²) < 4.78 is 0. The van der Waals surface area contributed by atoms with Crippen molar-refractivity contribution in [3.8, 4) is 0 Å². The first-order valence-electron chi connectivity index (χ1n) is 7.54. The van der Waals surface area contributed by atoms with Crippen LogP contribution in [0.15, 0.2) is 23.1 Å². The lowest BCUT2D eigenvalue weighted by molar-refractivity contribution is -0.119. The maximum atomic E-state index is 12.0. The Hall–Kier alpha value is -0.960. The Bertz CT molecular complexity index is 464. The molecule has 20 heavy (non-hydrogen) atoms. The third-order valence-electron chi connectivity index (χ3n) is 4.23. The number of carbonyl (C=O) groups excluding carboxylic acids is 1. The average Bonchev–Trinajstić information content (AvgIpc) is 2.43. The van der Waals surface area contributed by atoms with Crippen LogP contribution >= 0.6 is 11.8 Å². The third kappa shape index (κ3) is 4.55. The zero-order valence-corrected chi connectivity index (χ0v) is 13.6. The molecular weight excluding hydrogens is 266 g/mol. The summed E-state index contributed by atoms with van der Waals surface area (Å²) in [6.45, 7) is 6.52. The zero-order valence-electron chi connectivity index (χ0n) is 12.7. The highest BCUT2D eigenvalue weighted by Gasteiger charge is 2.19. The van der Waals surface area contributed by atoms with E-state index in [9.17, 15) is 4.79 Å². The number of aryl methyl sites for hydroxylation is 2. The maximum absolute atomic E-state index is 12.0. The van der Waals surface area contributed by atoms with Crippen molar-refractivity contribution in [3.05, 3.63) is 29.3 Å². The lowest BCUT2D eigenvalue weighted by Gasteiger charge is -2.26. The highest BCUT2D eigenvalue weighted by atomic mass is 32.2. The first kappa shape index (κ1) is 15.4. The molecule has 1 saturated carbocycles. The molecule has 3 heteroatoms. The fraction of sp³-hybridized carbons (Fsp3) is 0.588. The Balaban J connectivity index is 1.76. The van der Waals surface area contributed by atoms with Gasteiger partial charge in [0.1, 0.15) is 0 Å². The second-order valence-corrected chi connectivity index (χ2v) is 7.11. The van der Waals surface area contributed by atoms with E-state index in [0.717, 1.165) is 18.8 Å². The van der Waals surface area contributed by atoms with Crippen LogP contribution in [0, 0.1) is 19.8 Å². The summed E-state index contributed by atoms with van der Waals surface area (Å²) in [6, 6.07) is 6.79. The zero-order chi connectivity index (χ0) is 14.5. The second-order valence-electron chi connectivity index (χ2n) is 6.06. The van der Waals surface area contributed by atoms with Crippen molar-refractivity contribution in [2.75, 3.05) is 5.75 Å². The molecule has 110 valence electrons. The lowest BCUT2D eigenvalue weighted by atomic mass is 9.87. The number of thioether (sulfide) groups is 1. The third-order valence-corrected chi connectivity index (χ3v) is 5.22. The SMILES string of the molecule is Cc1ccc(SCC(=O)NC2CCC(C)CC2)cc1C. The van der Waals surface area contributed by atoms with Gasteiger partial charge in [0.15, 0.2) is 0 Å². The number of benzene rings is 1. The molecule has 0 unspecified atom stereocenters. The largest absolute Gasteiger partial charge is 0.353 e. The van der Waals surface area contributed by atoms with Gasteiger partial charge in [-0.3, -0.25) is 4.79 Å². The molecule has 0 spiro atoms. The molecule has 0 aliphatic heterocycles. The topological polar surface area (TPSA) is 29.1 Å². The Morgan fingerprint density at radius 2 is 1.90 bits per heavy atom. The summed E-state index contributed by atoms with van der Waals surface area (Å²) in [7, 11) is 0. The van der Waals surface area contributed by atoms with Crippen molar-refractivity contribution < 1.29 is 4.79 Å². The lowest BCUT2D eigenvalue weighted by Crippen LogP contribution is -2.38. The van der Waals surface area contributed by atoms with Gasteiger partial charge < -0.3 is 5.32 Å². The first-order valence-corrected chi connectivity index (χ1v) is 8.52. The standard InChI is InChI=1S/C17H25NOS/c1-12-4-7-15(8-5-12)18-17(19)11-20-16-9-6-13(2)14(3)10-16/h6,9-10,12,15H,4-5,7-8,11H2,1-3H3,(H,18,19). The van der Waals surface area contributed by atoms with Crippen LogP contribution in [-0.4, -0.2) is 17.7 Å². The molecule has 2 nitrogen and oxygen atoms in total. The summed E-state index contributed by atoms with van der Waals surface area (Å²) in [5.41, 5.74) is 2.59. The van der Waals surface area contributed by atoms with E-state index < -0.39 is 0 Å². The van der Waals surface area contributed by atoms with Crippen molar-refractivity contribution >= 4 is 17.7 Å². The Morgan fingerprint density at radius 3 is 2.55 bits per heavy atom. The van der Waals surface area contributed by atoms with Crippen LogP contribution in [0.2, 0.25) is 0 Å². The van der Waals surface area contributed by atoms with Gasteiger partial charge in [-0.15, -0.1) is 11.8 Å². The van der Waals surface area contributed by atoms with Crippen LogP contribution in [-0.2, 0) is 4.79 Å². The molecule has 1 N–H and O–H groups in total. The Kier molecular flexibility index (Phi) is 5.53. The fourth-order valence-electron chi connectivity index (χ4n) is 2.63. The van der Waals surface area contributed by atoms with Gasteiger partial charge in [-0.25, -0.2) is 0 Å². The quantitative estimate of drug-likeness (QED) is 0.847. The summed E-state index contributed by atoms with van der Waals surface area (Å²) in [4.78, 5) is 13.2. The van der Waals surface area contributed by atoms with E-state index in [1.54, 1.807) is 11.8 Å². The van der Waals surface area contributed by atoms with Crippen molar-refractivity contribution in [1.82, 2.24) is 5.32 Å². The molecule has 0 bridgehead atoms. The molecule has 1 fully saturated rings. The van der Waals surface area contributed by atoms with Crippen LogP contribution in [0.3, 0.4) is 0 Å². The molecule has 0 atom stereocenters. The molecule has 2 rings (SSSR count). The molecule has 0 saturated heterocycles. The molecule has 1 aliphatic carbocycles. The number of amides is 1. The predicted molar refractivity (Wildman–Crippen MR) is 86.2 cm³/mol. The van der Waals surface area contributed by atoms with Crippen molar-refractivity contribution in [2.45, 2.75) is 57.4 Å². The minimum Gasteiger partial charge on any atom is -0.353 e. The van der Waals surface area contributed by atoms with Gasteiger partial charge in [-0.05, 0) is 68.7 Å². The van der Waals surface area contributed by atoms with Gasteiger partial charge >= 0.3 is 0 Å². The number of hydrogen-bond acceptors (Lipinski definition) is 2. The van der Waals surface area contributed by atoms with Gasteiger partial charge in [0.2, 0.25) is 5.91 Å². The van der Waals surface area contributed by atoms with Crippen molar-refractivity contribution in [2.24, 2.45) is 5.92 Å². The Morgan fingerprint density at radius 1 is 1.20 bits per heavy atom. The van der Waals surface area contributed by atoms with E-state index in [4.69, 9.17) is 0 Å². The van der Waals surface area contributed by atoms with Gasteiger partial charge in [0.05, 0.1) is 5.75 Å². The molecule has 0 heterocycles. The van der Waals surface area contributed by atoms with Crippen LogP contribution in [0.25, 0.3) is 0 Å². The maximum Gasteiger partial charge on any atom is 0.230 e. The molecule has 1 amide bonds. The highest BCUT2D eigenvalue weighted by molar-refractivity contribution is 8.00. The van der Waals surface area contributed by atoms with Crippen LogP contribution in [0.1, 0.15) is 43.7 Å². The Labute approximate surface area is 126 Å². The van der Waals surface area contributed by atoms with Gasteiger partial charge in [0, 0.05) is 10.9 Å². The summed E-state index contributed by atoms with van der Waals surface area (Å²) in [5.74, 6) is 1.52. The summed E-state index contributed by atoms with van der Waals surface area (Å²) in [6.07, 6.45) is 4.77. The minimum atomic E-state index is 0.174.